The molecule has 1 saturated heterocycles. The Balaban J connectivity index is 2.06. The third-order valence-corrected chi connectivity index (χ3v) is 6.44. The summed E-state index contributed by atoms with van der Waals surface area (Å²) in [6, 6.07) is 11.6. The van der Waals surface area contributed by atoms with Crippen molar-refractivity contribution < 1.29 is 19.4 Å². The van der Waals surface area contributed by atoms with Gasteiger partial charge in [-0.3, -0.25) is 9.59 Å². The van der Waals surface area contributed by atoms with Crippen molar-refractivity contribution in [3.63, 3.8) is 0 Å². The lowest BCUT2D eigenvalue weighted by atomic mass is 9.95. The van der Waals surface area contributed by atoms with Crippen LogP contribution in [0.15, 0.2) is 48.0 Å². The SMILES string of the molecule is CCCOc1ccc(C(O)=C2C(=O)C(=O)N(CCN(CC)CC)C2c2ccc(Cl)cc2)cc1C. The van der Waals surface area contributed by atoms with E-state index in [1.165, 1.54) is 0 Å². The molecule has 0 aromatic heterocycles. The topological polar surface area (TPSA) is 70.1 Å². The van der Waals surface area contributed by atoms with Crippen molar-refractivity contribution in [2.24, 2.45) is 0 Å². The highest BCUT2D eigenvalue weighted by molar-refractivity contribution is 6.46. The van der Waals surface area contributed by atoms with Gasteiger partial charge in [0.15, 0.2) is 0 Å². The maximum absolute atomic E-state index is 13.2. The summed E-state index contributed by atoms with van der Waals surface area (Å²) in [7, 11) is 0. The van der Waals surface area contributed by atoms with Gasteiger partial charge in [0, 0.05) is 23.7 Å². The van der Waals surface area contributed by atoms with E-state index in [0.29, 0.717) is 30.3 Å². The highest BCUT2D eigenvalue weighted by Gasteiger charge is 2.46. The Morgan fingerprint density at radius 1 is 1.09 bits per heavy atom. The number of aliphatic hydroxyl groups excluding tert-OH is 1. The minimum atomic E-state index is -0.691. The predicted molar refractivity (Wildman–Crippen MR) is 135 cm³/mol. The van der Waals surface area contributed by atoms with Gasteiger partial charge in [0.1, 0.15) is 11.5 Å². The molecular weight excluding hydrogens is 452 g/mol. The molecule has 1 heterocycles. The lowest BCUT2D eigenvalue weighted by molar-refractivity contribution is -0.140. The molecule has 182 valence electrons. The fourth-order valence-electron chi connectivity index (χ4n) is 4.22. The maximum atomic E-state index is 13.2. The van der Waals surface area contributed by atoms with Crippen LogP contribution in [0.2, 0.25) is 5.02 Å². The second-order valence-electron chi connectivity index (χ2n) is 8.40. The first-order valence-corrected chi connectivity index (χ1v) is 12.2. The van der Waals surface area contributed by atoms with E-state index in [2.05, 4.69) is 18.7 Å². The van der Waals surface area contributed by atoms with Crippen LogP contribution in [0.4, 0.5) is 0 Å². The first-order chi connectivity index (χ1) is 16.3. The van der Waals surface area contributed by atoms with Crippen LogP contribution >= 0.6 is 11.6 Å². The van der Waals surface area contributed by atoms with E-state index in [1.54, 1.807) is 47.4 Å². The first-order valence-electron chi connectivity index (χ1n) is 11.8. The molecule has 6 nitrogen and oxygen atoms in total. The van der Waals surface area contributed by atoms with Crippen molar-refractivity contribution in [1.82, 2.24) is 9.80 Å². The number of ether oxygens (including phenoxy) is 1. The zero-order chi connectivity index (χ0) is 24.8. The van der Waals surface area contributed by atoms with Gasteiger partial charge in [0.05, 0.1) is 18.2 Å². The first kappa shape index (κ1) is 25.8. The Labute approximate surface area is 206 Å². The van der Waals surface area contributed by atoms with Crippen molar-refractivity contribution in [2.45, 2.75) is 40.2 Å². The Kier molecular flexibility index (Phi) is 8.75. The Morgan fingerprint density at radius 2 is 1.76 bits per heavy atom. The van der Waals surface area contributed by atoms with Crippen molar-refractivity contribution in [2.75, 3.05) is 32.8 Å². The molecule has 0 bridgehead atoms. The average molecular weight is 485 g/mol. The summed E-state index contributed by atoms with van der Waals surface area (Å²) in [4.78, 5) is 30.0. The smallest absolute Gasteiger partial charge is 0.295 e. The van der Waals surface area contributed by atoms with Crippen LogP contribution in [-0.4, -0.2) is 59.4 Å². The normalized spacial score (nSPS) is 17.6. The van der Waals surface area contributed by atoms with Gasteiger partial charge in [-0.2, -0.15) is 0 Å². The Hall–Kier alpha value is -2.83. The van der Waals surface area contributed by atoms with Gasteiger partial charge in [-0.15, -0.1) is 0 Å². The monoisotopic (exact) mass is 484 g/mol. The molecule has 1 amide bonds. The van der Waals surface area contributed by atoms with Crippen LogP contribution in [0.25, 0.3) is 5.76 Å². The van der Waals surface area contributed by atoms with Crippen molar-refractivity contribution in [1.29, 1.82) is 0 Å². The largest absolute Gasteiger partial charge is 0.507 e. The van der Waals surface area contributed by atoms with E-state index in [4.69, 9.17) is 16.3 Å². The van der Waals surface area contributed by atoms with Crippen molar-refractivity contribution >= 4 is 29.1 Å². The fraction of sp³-hybridized carbons (Fsp3) is 0.407. The number of amides is 1. The molecule has 1 aliphatic rings. The third-order valence-electron chi connectivity index (χ3n) is 6.19. The molecule has 1 aliphatic heterocycles. The molecule has 0 spiro atoms. The number of aryl methyl sites for hydroxylation is 1. The minimum absolute atomic E-state index is 0.0912. The molecule has 1 atom stereocenters. The summed E-state index contributed by atoms with van der Waals surface area (Å²) in [6.45, 7) is 11.3. The van der Waals surface area contributed by atoms with E-state index >= 15 is 0 Å². The molecule has 34 heavy (non-hydrogen) atoms. The summed E-state index contributed by atoms with van der Waals surface area (Å²) in [5.74, 6) is -0.740. The zero-order valence-electron chi connectivity index (χ0n) is 20.3. The molecule has 1 unspecified atom stereocenters. The number of carbonyl (C=O) groups excluding carboxylic acids is 2. The summed E-state index contributed by atoms with van der Waals surface area (Å²) >= 11 is 6.09. The number of likely N-dealkylation sites (tertiary alicyclic amines) is 1. The molecule has 0 aliphatic carbocycles. The van der Waals surface area contributed by atoms with Gasteiger partial charge in [0.25, 0.3) is 11.7 Å². The standard InChI is InChI=1S/C27H33ClN2O4/c1-5-16-34-22-13-10-20(17-18(22)4)25(31)23-24(19-8-11-21(28)12-9-19)30(27(33)26(23)32)15-14-29(6-2)7-3/h8-13,17,24,31H,5-7,14-16H2,1-4H3. The van der Waals surface area contributed by atoms with E-state index in [-0.39, 0.29) is 11.3 Å². The van der Waals surface area contributed by atoms with Crippen LogP contribution < -0.4 is 4.74 Å². The van der Waals surface area contributed by atoms with E-state index in [0.717, 1.165) is 36.4 Å². The number of carbonyl (C=O) groups is 2. The number of benzene rings is 2. The summed E-state index contributed by atoms with van der Waals surface area (Å²) in [6.07, 6.45) is 0.888. The van der Waals surface area contributed by atoms with Crippen LogP contribution in [-0.2, 0) is 9.59 Å². The summed E-state index contributed by atoms with van der Waals surface area (Å²) in [5.41, 5.74) is 2.14. The number of likely N-dealkylation sites (N-methyl/N-ethyl adjacent to an activating group) is 1. The lowest BCUT2D eigenvalue weighted by Gasteiger charge is -2.28. The lowest BCUT2D eigenvalue weighted by Crippen LogP contribution is -2.38. The molecule has 1 fully saturated rings. The van der Waals surface area contributed by atoms with E-state index < -0.39 is 17.7 Å². The Bertz CT molecular complexity index is 1060. The fourth-order valence-corrected chi connectivity index (χ4v) is 4.34. The molecular formula is C27H33ClN2O4. The highest BCUT2D eigenvalue weighted by Crippen LogP contribution is 2.40. The number of halogens is 1. The van der Waals surface area contributed by atoms with Gasteiger partial charge in [0.2, 0.25) is 0 Å². The van der Waals surface area contributed by atoms with Gasteiger partial charge in [-0.1, -0.05) is 44.5 Å². The number of hydrogen-bond donors (Lipinski definition) is 1. The van der Waals surface area contributed by atoms with Gasteiger partial charge < -0.3 is 19.6 Å². The number of hydrogen-bond acceptors (Lipinski definition) is 5. The molecule has 2 aromatic carbocycles. The van der Waals surface area contributed by atoms with Crippen molar-refractivity contribution in [3.8, 4) is 5.75 Å². The maximum Gasteiger partial charge on any atom is 0.295 e. The summed E-state index contributed by atoms with van der Waals surface area (Å²) in [5, 5.41) is 11.8. The number of aliphatic hydroxyl groups is 1. The zero-order valence-corrected chi connectivity index (χ0v) is 21.1. The minimum Gasteiger partial charge on any atom is -0.507 e. The third kappa shape index (κ3) is 5.45. The van der Waals surface area contributed by atoms with Crippen LogP contribution in [0.3, 0.4) is 0 Å². The van der Waals surface area contributed by atoms with Crippen LogP contribution in [0, 0.1) is 6.92 Å². The van der Waals surface area contributed by atoms with Crippen LogP contribution in [0.1, 0.15) is 49.9 Å². The number of rotatable bonds is 10. The Morgan fingerprint density at radius 3 is 2.35 bits per heavy atom. The summed E-state index contributed by atoms with van der Waals surface area (Å²) < 4.78 is 5.73. The molecule has 1 N–H and O–H groups in total. The van der Waals surface area contributed by atoms with Gasteiger partial charge in [-0.05, 0) is 67.9 Å². The predicted octanol–water partition coefficient (Wildman–Crippen LogP) is 5.20. The highest BCUT2D eigenvalue weighted by atomic mass is 35.5. The molecule has 7 heteroatoms. The van der Waals surface area contributed by atoms with Gasteiger partial charge >= 0.3 is 0 Å². The van der Waals surface area contributed by atoms with Crippen molar-refractivity contribution in [3.05, 3.63) is 69.8 Å². The van der Waals surface area contributed by atoms with E-state index in [1.807, 2.05) is 13.8 Å². The van der Waals surface area contributed by atoms with Crippen LogP contribution in [0.5, 0.6) is 5.75 Å². The quantitative estimate of drug-likeness (QED) is 0.285. The van der Waals surface area contributed by atoms with E-state index in [9.17, 15) is 14.7 Å². The molecule has 0 radical (unpaired) electrons. The second kappa shape index (κ2) is 11.5. The molecule has 0 saturated carbocycles. The number of ketones is 1. The number of Topliss-reactive ketones (excluding diaryl/α,β-unsaturated/α-hetero) is 1. The average Bonchev–Trinajstić information content (AvgIpc) is 3.09. The second-order valence-corrected chi connectivity index (χ2v) is 8.84. The van der Waals surface area contributed by atoms with Gasteiger partial charge in [-0.25, -0.2) is 0 Å². The molecule has 3 rings (SSSR count). The molecule has 2 aromatic rings. The number of nitrogens with zero attached hydrogens (tertiary/aromatic N) is 2.